The summed E-state index contributed by atoms with van der Waals surface area (Å²) >= 11 is 0. The minimum atomic E-state index is -6.01. The number of hydrogen-bond donors (Lipinski definition) is 1. The summed E-state index contributed by atoms with van der Waals surface area (Å²) in [5.41, 5.74) is -4.98. The molecule has 0 unspecified atom stereocenters. The molecule has 0 atom stereocenters. The van der Waals surface area contributed by atoms with Gasteiger partial charge < -0.3 is 9.84 Å². The Balaban J connectivity index is 2.00. The summed E-state index contributed by atoms with van der Waals surface area (Å²) in [7, 11) is 0. The number of benzene rings is 3. The predicted molar refractivity (Wildman–Crippen MR) is 100 cm³/mol. The summed E-state index contributed by atoms with van der Waals surface area (Å²) < 4.78 is 119. The molecule has 0 bridgehead atoms. The fraction of sp³-hybridized carbons (Fsp3) is 0.182. The van der Waals surface area contributed by atoms with E-state index in [0.29, 0.717) is 28.8 Å². The minimum Gasteiger partial charge on any atom is -0.406 e. The molecule has 0 aliphatic heterocycles. The highest BCUT2D eigenvalue weighted by Crippen LogP contribution is 2.50. The quantitative estimate of drug-likeness (QED) is 0.399. The SMILES string of the molecule is OC(c1ccc(-c2ccccc2-c2ccc(OC(F)(F)F)cc2)cc1)(C(F)(F)F)C(F)(F)F. The molecule has 1 N–H and O–H groups in total. The average molecular weight is 480 g/mol. The van der Waals surface area contributed by atoms with Gasteiger partial charge in [0.2, 0.25) is 0 Å². The van der Waals surface area contributed by atoms with Gasteiger partial charge in [0, 0.05) is 5.56 Å². The predicted octanol–water partition coefficient (Wildman–Crippen LogP) is 7.23. The Morgan fingerprint density at radius 2 is 0.939 bits per heavy atom. The van der Waals surface area contributed by atoms with Crippen molar-refractivity contribution in [3.8, 4) is 28.0 Å². The minimum absolute atomic E-state index is 0.219. The maximum absolute atomic E-state index is 13.1. The molecule has 0 amide bonds. The molecule has 2 nitrogen and oxygen atoms in total. The van der Waals surface area contributed by atoms with E-state index in [0.717, 1.165) is 24.3 Å². The molecule has 3 aromatic rings. The van der Waals surface area contributed by atoms with Crippen molar-refractivity contribution in [3.05, 3.63) is 78.4 Å². The third-order valence-electron chi connectivity index (χ3n) is 4.76. The molecular weight excluding hydrogens is 467 g/mol. The van der Waals surface area contributed by atoms with Gasteiger partial charge >= 0.3 is 18.7 Å². The first-order valence-electron chi connectivity index (χ1n) is 9.05. The third-order valence-corrected chi connectivity index (χ3v) is 4.76. The Labute approximate surface area is 180 Å². The van der Waals surface area contributed by atoms with Gasteiger partial charge in [-0.25, -0.2) is 0 Å². The molecule has 0 heterocycles. The van der Waals surface area contributed by atoms with Gasteiger partial charge in [-0.15, -0.1) is 13.2 Å². The van der Waals surface area contributed by atoms with Crippen molar-refractivity contribution in [3.63, 3.8) is 0 Å². The third kappa shape index (κ3) is 4.92. The first kappa shape index (κ1) is 24.4. The van der Waals surface area contributed by atoms with Crippen LogP contribution >= 0.6 is 0 Å². The van der Waals surface area contributed by atoms with Crippen molar-refractivity contribution in [2.75, 3.05) is 0 Å². The number of alkyl halides is 9. The van der Waals surface area contributed by atoms with Crippen LogP contribution in [0.2, 0.25) is 0 Å². The lowest BCUT2D eigenvalue weighted by molar-refractivity contribution is -0.376. The lowest BCUT2D eigenvalue weighted by Crippen LogP contribution is -2.53. The Kier molecular flexibility index (Phi) is 6.14. The van der Waals surface area contributed by atoms with Crippen LogP contribution in [0.1, 0.15) is 5.56 Å². The van der Waals surface area contributed by atoms with Crippen LogP contribution in [0.3, 0.4) is 0 Å². The summed E-state index contributed by atoms with van der Waals surface area (Å²) in [6.07, 6.45) is -16.9. The maximum atomic E-state index is 13.1. The standard InChI is InChI=1S/C22H13F9O2/c23-20(24,25)19(32,21(26,27)28)15-9-5-13(6-10-15)17-3-1-2-4-18(17)14-7-11-16(12-8-14)33-22(29,30)31/h1-12,32H. The molecule has 0 saturated heterocycles. The lowest BCUT2D eigenvalue weighted by atomic mass is 9.89. The van der Waals surface area contributed by atoms with E-state index in [1.807, 2.05) is 0 Å². The second kappa shape index (κ2) is 8.29. The smallest absolute Gasteiger partial charge is 0.406 e. The fourth-order valence-corrected chi connectivity index (χ4v) is 3.20. The molecule has 0 aliphatic rings. The molecule has 0 aromatic heterocycles. The van der Waals surface area contributed by atoms with Crippen LogP contribution in [0.4, 0.5) is 39.5 Å². The molecule has 33 heavy (non-hydrogen) atoms. The summed E-state index contributed by atoms with van der Waals surface area (Å²) in [5, 5.41) is 9.51. The van der Waals surface area contributed by atoms with Crippen LogP contribution < -0.4 is 4.74 Å². The van der Waals surface area contributed by atoms with Gasteiger partial charge in [-0.3, -0.25) is 0 Å². The Morgan fingerprint density at radius 1 is 0.545 bits per heavy atom. The van der Waals surface area contributed by atoms with E-state index in [-0.39, 0.29) is 5.56 Å². The van der Waals surface area contributed by atoms with Gasteiger partial charge in [-0.2, -0.15) is 26.3 Å². The van der Waals surface area contributed by atoms with E-state index in [2.05, 4.69) is 4.74 Å². The molecule has 0 fully saturated rings. The Morgan fingerprint density at radius 3 is 1.30 bits per heavy atom. The van der Waals surface area contributed by atoms with Gasteiger partial charge in [0.25, 0.3) is 5.60 Å². The molecule has 0 saturated carbocycles. The largest absolute Gasteiger partial charge is 0.573 e. The van der Waals surface area contributed by atoms with Crippen LogP contribution in [0.15, 0.2) is 72.8 Å². The maximum Gasteiger partial charge on any atom is 0.573 e. The zero-order valence-electron chi connectivity index (χ0n) is 16.2. The summed E-state index contributed by atoms with van der Waals surface area (Å²) in [6.45, 7) is 0. The Bertz CT molecular complexity index is 1080. The van der Waals surface area contributed by atoms with E-state index in [1.165, 1.54) is 18.2 Å². The number of aliphatic hydroxyl groups is 1. The number of ether oxygens (including phenoxy) is 1. The lowest BCUT2D eigenvalue weighted by Gasteiger charge is -2.32. The van der Waals surface area contributed by atoms with Crippen molar-refractivity contribution in [1.29, 1.82) is 0 Å². The Hall–Kier alpha value is -3.21. The van der Waals surface area contributed by atoms with Crippen molar-refractivity contribution in [1.82, 2.24) is 0 Å². The van der Waals surface area contributed by atoms with Crippen molar-refractivity contribution >= 4 is 0 Å². The summed E-state index contributed by atoms with van der Waals surface area (Å²) in [4.78, 5) is 0. The van der Waals surface area contributed by atoms with Crippen LogP contribution in [0.5, 0.6) is 5.75 Å². The molecule has 0 radical (unpaired) electrons. The van der Waals surface area contributed by atoms with Crippen molar-refractivity contribution < 1.29 is 49.4 Å². The van der Waals surface area contributed by atoms with E-state index < -0.39 is 35.6 Å². The summed E-state index contributed by atoms with van der Waals surface area (Å²) in [5.74, 6) is -0.466. The second-order valence-electron chi connectivity index (χ2n) is 6.90. The van der Waals surface area contributed by atoms with E-state index in [1.54, 1.807) is 18.2 Å². The van der Waals surface area contributed by atoms with E-state index >= 15 is 0 Å². The van der Waals surface area contributed by atoms with Gasteiger partial charge in [0.1, 0.15) is 5.75 Å². The highest BCUT2D eigenvalue weighted by atomic mass is 19.4. The monoisotopic (exact) mass is 480 g/mol. The van der Waals surface area contributed by atoms with Crippen LogP contribution in [-0.2, 0) is 5.60 Å². The first-order valence-corrected chi connectivity index (χ1v) is 9.05. The molecule has 0 spiro atoms. The fourth-order valence-electron chi connectivity index (χ4n) is 3.20. The van der Waals surface area contributed by atoms with Crippen LogP contribution in [0.25, 0.3) is 22.3 Å². The second-order valence-corrected chi connectivity index (χ2v) is 6.90. The van der Waals surface area contributed by atoms with Crippen LogP contribution in [-0.4, -0.2) is 23.8 Å². The van der Waals surface area contributed by atoms with Gasteiger partial charge in [0.05, 0.1) is 0 Å². The number of rotatable bonds is 4. The molecule has 11 heteroatoms. The van der Waals surface area contributed by atoms with Crippen molar-refractivity contribution in [2.45, 2.75) is 24.3 Å². The first-order chi connectivity index (χ1) is 15.1. The average Bonchev–Trinajstić information content (AvgIpc) is 2.71. The normalized spacial score (nSPS) is 13.2. The molecule has 3 rings (SSSR count). The van der Waals surface area contributed by atoms with Crippen molar-refractivity contribution in [2.24, 2.45) is 0 Å². The molecular formula is C22H13F9O2. The zero-order chi connectivity index (χ0) is 24.7. The molecule has 0 aliphatic carbocycles. The van der Waals surface area contributed by atoms with Crippen LogP contribution in [0, 0.1) is 0 Å². The zero-order valence-corrected chi connectivity index (χ0v) is 16.2. The van der Waals surface area contributed by atoms with Gasteiger partial charge in [-0.05, 0) is 34.4 Å². The van der Waals surface area contributed by atoms with Gasteiger partial charge in [0.15, 0.2) is 0 Å². The molecule has 3 aromatic carbocycles. The van der Waals surface area contributed by atoms with E-state index in [4.69, 9.17) is 0 Å². The molecule has 176 valence electrons. The summed E-state index contributed by atoms with van der Waals surface area (Å²) in [6, 6.07) is 14.0. The highest BCUT2D eigenvalue weighted by molar-refractivity contribution is 5.83. The topological polar surface area (TPSA) is 29.5 Å². The highest BCUT2D eigenvalue weighted by Gasteiger charge is 2.71. The van der Waals surface area contributed by atoms with E-state index in [9.17, 15) is 44.6 Å². The number of hydrogen-bond acceptors (Lipinski definition) is 2. The van der Waals surface area contributed by atoms with Gasteiger partial charge in [-0.1, -0.05) is 60.7 Å². The number of halogens is 9.